The molecular formula is C14H20N2O4. The lowest BCUT2D eigenvalue weighted by molar-refractivity contribution is 0.0693. The summed E-state index contributed by atoms with van der Waals surface area (Å²) in [6, 6.07) is 2.91. The van der Waals surface area contributed by atoms with Crippen molar-refractivity contribution >= 4 is 5.97 Å². The van der Waals surface area contributed by atoms with Gasteiger partial charge >= 0.3 is 5.97 Å². The summed E-state index contributed by atoms with van der Waals surface area (Å²) in [5, 5.41) is 18.9. The van der Waals surface area contributed by atoms with E-state index < -0.39 is 5.97 Å². The molecular weight excluding hydrogens is 260 g/mol. The van der Waals surface area contributed by atoms with Crippen LogP contribution in [0.3, 0.4) is 0 Å². The van der Waals surface area contributed by atoms with Gasteiger partial charge in [-0.15, -0.1) is 0 Å². The lowest BCUT2D eigenvalue weighted by atomic mass is 9.97. The van der Waals surface area contributed by atoms with Gasteiger partial charge in [-0.05, 0) is 32.0 Å². The molecule has 1 aromatic rings. The van der Waals surface area contributed by atoms with Crippen molar-refractivity contribution in [2.24, 2.45) is 11.7 Å². The molecule has 0 aliphatic carbocycles. The lowest BCUT2D eigenvalue weighted by Crippen LogP contribution is -2.21. The summed E-state index contributed by atoms with van der Waals surface area (Å²) in [5.74, 6) is -0.546. The van der Waals surface area contributed by atoms with Crippen molar-refractivity contribution in [2.45, 2.75) is 12.5 Å². The van der Waals surface area contributed by atoms with Gasteiger partial charge in [0.15, 0.2) is 0 Å². The van der Waals surface area contributed by atoms with Crippen molar-refractivity contribution in [2.75, 3.05) is 27.2 Å². The van der Waals surface area contributed by atoms with Gasteiger partial charge in [-0.3, -0.25) is 4.90 Å². The van der Waals surface area contributed by atoms with E-state index in [1.165, 1.54) is 19.2 Å². The smallest absolute Gasteiger partial charge is 0.339 e. The SMILES string of the molecule is COc1cc(O)c(C(=O)O)cc1C1CC(CN)CN1C. The summed E-state index contributed by atoms with van der Waals surface area (Å²) in [5.41, 5.74) is 6.39. The summed E-state index contributed by atoms with van der Waals surface area (Å²) in [4.78, 5) is 13.3. The molecule has 1 fully saturated rings. The normalized spacial score (nSPS) is 22.9. The molecule has 0 amide bonds. The first kappa shape index (κ1) is 14.6. The Bertz CT molecular complexity index is 518. The van der Waals surface area contributed by atoms with Crippen LogP contribution >= 0.6 is 0 Å². The van der Waals surface area contributed by atoms with E-state index in [1.807, 2.05) is 7.05 Å². The quantitative estimate of drug-likeness (QED) is 0.763. The molecule has 1 saturated heterocycles. The second-order valence-electron chi connectivity index (χ2n) is 5.21. The molecule has 4 N–H and O–H groups in total. The van der Waals surface area contributed by atoms with E-state index in [0.717, 1.165) is 18.5 Å². The van der Waals surface area contributed by atoms with Crippen LogP contribution in [0.25, 0.3) is 0 Å². The van der Waals surface area contributed by atoms with E-state index in [0.29, 0.717) is 18.2 Å². The summed E-state index contributed by atoms with van der Waals surface area (Å²) >= 11 is 0. The van der Waals surface area contributed by atoms with Crippen LogP contribution in [-0.4, -0.2) is 48.3 Å². The van der Waals surface area contributed by atoms with Gasteiger partial charge in [-0.2, -0.15) is 0 Å². The van der Waals surface area contributed by atoms with Crippen molar-refractivity contribution < 1.29 is 19.7 Å². The van der Waals surface area contributed by atoms with Crippen LogP contribution in [0, 0.1) is 5.92 Å². The van der Waals surface area contributed by atoms with Crippen LogP contribution < -0.4 is 10.5 Å². The van der Waals surface area contributed by atoms with Crippen LogP contribution in [-0.2, 0) is 0 Å². The third-order valence-electron chi connectivity index (χ3n) is 3.91. The number of hydrogen-bond acceptors (Lipinski definition) is 5. The summed E-state index contributed by atoms with van der Waals surface area (Å²) in [7, 11) is 3.49. The molecule has 110 valence electrons. The molecule has 1 aliphatic rings. The molecule has 0 spiro atoms. The summed E-state index contributed by atoms with van der Waals surface area (Å²) < 4.78 is 5.28. The molecule has 2 rings (SSSR count). The molecule has 0 aromatic heterocycles. The maximum Gasteiger partial charge on any atom is 0.339 e. The number of rotatable bonds is 4. The maximum absolute atomic E-state index is 11.2. The zero-order valence-corrected chi connectivity index (χ0v) is 11.7. The number of aromatic carboxylic acids is 1. The van der Waals surface area contributed by atoms with Crippen LogP contribution in [0.1, 0.15) is 28.4 Å². The molecule has 6 nitrogen and oxygen atoms in total. The van der Waals surface area contributed by atoms with Crippen molar-refractivity contribution in [3.8, 4) is 11.5 Å². The van der Waals surface area contributed by atoms with Crippen LogP contribution in [0.2, 0.25) is 0 Å². The molecule has 0 saturated carbocycles. The number of nitrogens with zero attached hydrogens (tertiary/aromatic N) is 1. The average Bonchev–Trinajstić information content (AvgIpc) is 2.79. The number of carbonyl (C=O) groups is 1. The predicted molar refractivity (Wildman–Crippen MR) is 74.2 cm³/mol. The molecule has 2 atom stereocenters. The van der Waals surface area contributed by atoms with Crippen molar-refractivity contribution in [3.63, 3.8) is 0 Å². The molecule has 1 aliphatic heterocycles. The number of nitrogens with two attached hydrogens (primary N) is 1. The minimum atomic E-state index is -1.15. The second kappa shape index (κ2) is 5.68. The first-order chi connectivity index (χ1) is 9.47. The Balaban J connectivity index is 2.44. The Hall–Kier alpha value is -1.79. The highest BCUT2D eigenvalue weighted by atomic mass is 16.5. The van der Waals surface area contributed by atoms with Crippen molar-refractivity contribution in [3.05, 3.63) is 23.3 Å². The fourth-order valence-electron chi connectivity index (χ4n) is 2.83. The maximum atomic E-state index is 11.2. The highest BCUT2D eigenvalue weighted by Crippen LogP contribution is 2.40. The van der Waals surface area contributed by atoms with E-state index in [9.17, 15) is 9.90 Å². The lowest BCUT2D eigenvalue weighted by Gasteiger charge is -2.22. The zero-order chi connectivity index (χ0) is 14.9. The third-order valence-corrected chi connectivity index (χ3v) is 3.91. The van der Waals surface area contributed by atoms with Crippen molar-refractivity contribution in [1.29, 1.82) is 0 Å². The molecule has 2 unspecified atom stereocenters. The summed E-state index contributed by atoms with van der Waals surface area (Å²) in [6.07, 6.45) is 0.854. The first-order valence-corrected chi connectivity index (χ1v) is 6.52. The zero-order valence-electron chi connectivity index (χ0n) is 11.7. The highest BCUT2D eigenvalue weighted by Gasteiger charge is 2.32. The van der Waals surface area contributed by atoms with Crippen LogP contribution in [0.15, 0.2) is 12.1 Å². The monoisotopic (exact) mass is 280 g/mol. The topological polar surface area (TPSA) is 96.0 Å². The Morgan fingerprint density at radius 3 is 2.75 bits per heavy atom. The van der Waals surface area contributed by atoms with Gasteiger partial charge < -0.3 is 20.7 Å². The van der Waals surface area contributed by atoms with Gasteiger partial charge in [0.25, 0.3) is 0 Å². The highest BCUT2D eigenvalue weighted by molar-refractivity contribution is 5.91. The number of ether oxygens (including phenoxy) is 1. The number of carboxylic acid groups (broad SMARTS) is 1. The third kappa shape index (κ3) is 2.57. The summed E-state index contributed by atoms with van der Waals surface area (Å²) in [6.45, 7) is 1.47. The van der Waals surface area contributed by atoms with E-state index in [4.69, 9.17) is 15.6 Å². The number of methoxy groups -OCH3 is 1. The minimum absolute atomic E-state index is 0.0530. The Labute approximate surface area is 117 Å². The molecule has 6 heteroatoms. The van der Waals surface area contributed by atoms with Gasteiger partial charge in [0, 0.05) is 24.2 Å². The van der Waals surface area contributed by atoms with Gasteiger partial charge in [0.1, 0.15) is 17.1 Å². The van der Waals surface area contributed by atoms with E-state index in [-0.39, 0.29) is 17.4 Å². The molecule has 20 heavy (non-hydrogen) atoms. The first-order valence-electron chi connectivity index (χ1n) is 6.52. The minimum Gasteiger partial charge on any atom is -0.507 e. The van der Waals surface area contributed by atoms with Gasteiger partial charge in [0.2, 0.25) is 0 Å². The molecule has 1 aromatic carbocycles. The van der Waals surface area contributed by atoms with Gasteiger partial charge in [-0.1, -0.05) is 0 Å². The van der Waals surface area contributed by atoms with Crippen molar-refractivity contribution in [1.82, 2.24) is 4.90 Å². The Morgan fingerprint density at radius 1 is 1.55 bits per heavy atom. The number of aromatic hydroxyl groups is 1. The largest absolute Gasteiger partial charge is 0.507 e. The van der Waals surface area contributed by atoms with Crippen LogP contribution in [0.5, 0.6) is 11.5 Å². The number of likely N-dealkylation sites (tertiary alicyclic amines) is 1. The van der Waals surface area contributed by atoms with E-state index in [2.05, 4.69) is 4.90 Å². The fourth-order valence-corrected chi connectivity index (χ4v) is 2.83. The Morgan fingerprint density at radius 2 is 2.25 bits per heavy atom. The number of hydrogen-bond donors (Lipinski definition) is 3. The molecule has 1 heterocycles. The van der Waals surface area contributed by atoms with Gasteiger partial charge in [0.05, 0.1) is 7.11 Å². The van der Waals surface area contributed by atoms with Crippen LogP contribution in [0.4, 0.5) is 0 Å². The fraction of sp³-hybridized carbons (Fsp3) is 0.500. The van der Waals surface area contributed by atoms with E-state index >= 15 is 0 Å². The number of phenols is 1. The second-order valence-corrected chi connectivity index (χ2v) is 5.21. The number of carboxylic acids is 1. The Kier molecular flexibility index (Phi) is 4.15. The average molecular weight is 280 g/mol. The predicted octanol–water partition coefficient (Wildman–Crippen LogP) is 1.05. The molecule has 0 bridgehead atoms. The standard InChI is InChI=1S/C14H20N2O4/c1-16-7-8(6-15)3-11(16)9-4-10(14(18)19)12(17)5-13(9)20-2/h4-5,8,11,17H,3,6-7,15H2,1-2H3,(H,18,19). The number of benzene rings is 1. The van der Waals surface area contributed by atoms with Gasteiger partial charge in [-0.25, -0.2) is 4.79 Å². The molecule has 0 radical (unpaired) electrons. The van der Waals surface area contributed by atoms with E-state index in [1.54, 1.807) is 0 Å².